The average molecular weight is 385 g/mol. The average Bonchev–Trinajstić information content (AvgIpc) is 2.52. The molecule has 10 heteroatoms. The molecule has 0 radical (unpaired) electrons. The molecule has 0 aliphatic carbocycles. The molecule has 1 amide bonds. The van der Waals surface area contributed by atoms with Gasteiger partial charge in [0, 0.05) is 22.8 Å². The van der Waals surface area contributed by atoms with Gasteiger partial charge in [-0.2, -0.15) is 0 Å². The van der Waals surface area contributed by atoms with E-state index in [1.54, 1.807) is 24.3 Å². The highest BCUT2D eigenvalue weighted by Crippen LogP contribution is 2.22. The Balaban J connectivity index is 1.95. The number of benzene rings is 2. The van der Waals surface area contributed by atoms with Crippen LogP contribution >= 0.6 is 35.4 Å². The third-order valence-electron chi connectivity index (χ3n) is 2.78. The summed E-state index contributed by atoms with van der Waals surface area (Å²) in [6, 6.07) is 10.4. The molecule has 0 aromatic heterocycles. The second-order valence-electron chi connectivity index (χ2n) is 4.46. The van der Waals surface area contributed by atoms with Gasteiger partial charge in [0.1, 0.15) is 0 Å². The molecule has 2 aromatic carbocycles. The maximum absolute atomic E-state index is 12.0. The summed E-state index contributed by atoms with van der Waals surface area (Å²) in [4.78, 5) is 22.1. The van der Waals surface area contributed by atoms with Gasteiger partial charge in [-0.3, -0.25) is 25.8 Å². The van der Waals surface area contributed by atoms with Crippen LogP contribution in [0.5, 0.6) is 0 Å². The van der Waals surface area contributed by atoms with Crippen molar-refractivity contribution in [3.05, 3.63) is 68.2 Å². The number of halogens is 2. The zero-order valence-electron chi connectivity index (χ0n) is 11.9. The zero-order chi connectivity index (χ0) is 17.7. The molecule has 0 aliphatic heterocycles. The Morgan fingerprint density at radius 3 is 2.50 bits per heavy atom. The Morgan fingerprint density at radius 1 is 1.12 bits per heavy atom. The maximum atomic E-state index is 12.0. The van der Waals surface area contributed by atoms with Gasteiger partial charge in [-0.15, -0.1) is 0 Å². The third-order valence-corrected chi connectivity index (χ3v) is 3.53. The minimum atomic E-state index is -0.601. The van der Waals surface area contributed by atoms with Crippen LogP contribution < -0.4 is 16.2 Å². The first-order valence-corrected chi connectivity index (χ1v) is 7.60. The van der Waals surface area contributed by atoms with Crippen molar-refractivity contribution in [1.29, 1.82) is 0 Å². The number of thiocarbonyl (C=S) groups is 1. The molecule has 0 spiro atoms. The first kappa shape index (κ1) is 17.9. The van der Waals surface area contributed by atoms with Crippen molar-refractivity contribution in [2.24, 2.45) is 0 Å². The Hall–Kier alpha value is -2.42. The molecule has 124 valence electrons. The van der Waals surface area contributed by atoms with E-state index in [2.05, 4.69) is 16.2 Å². The van der Waals surface area contributed by atoms with Crippen LogP contribution in [-0.4, -0.2) is 15.9 Å². The van der Waals surface area contributed by atoms with Crippen LogP contribution in [0.25, 0.3) is 0 Å². The van der Waals surface area contributed by atoms with Gasteiger partial charge < -0.3 is 5.32 Å². The normalized spacial score (nSPS) is 9.92. The van der Waals surface area contributed by atoms with E-state index in [9.17, 15) is 14.9 Å². The number of hydrogen-bond acceptors (Lipinski definition) is 4. The van der Waals surface area contributed by atoms with Crippen molar-refractivity contribution in [3.8, 4) is 0 Å². The summed E-state index contributed by atoms with van der Waals surface area (Å²) in [7, 11) is 0. The van der Waals surface area contributed by atoms with E-state index in [-0.39, 0.29) is 21.4 Å². The van der Waals surface area contributed by atoms with E-state index < -0.39 is 10.8 Å². The van der Waals surface area contributed by atoms with Crippen LogP contribution in [0.2, 0.25) is 10.0 Å². The number of hydrazine groups is 1. The number of carbonyl (C=O) groups is 1. The van der Waals surface area contributed by atoms with E-state index in [0.717, 1.165) is 6.07 Å². The maximum Gasteiger partial charge on any atom is 0.271 e. The number of rotatable bonds is 3. The largest absolute Gasteiger partial charge is 0.331 e. The molecule has 0 unspecified atom stereocenters. The molecule has 0 fully saturated rings. The third kappa shape index (κ3) is 4.79. The molecule has 0 atom stereocenters. The lowest BCUT2D eigenvalue weighted by Gasteiger charge is -2.12. The van der Waals surface area contributed by atoms with Crippen LogP contribution in [0.4, 0.5) is 11.4 Å². The van der Waals surface area contributed by atoms with E-state index in [1.807, 2.05) is 0 Å². The summed E-state index contributed by atoms with van der Waals surface area (Å²) in [6.07, 6.45) is 0. The van der Waals surface area contributed by atoms with Gasteiger partial charge in [0.25, 0.3) is 11.6 Å². The molecule has 24 heavy (non-hydrogen) atoms. The number of nitro benzene ring substituents is 1. The summed E-state index contributed by atoms with van der Waals surface area (Å²) in [6.45, 7) is 0. The molecule has 3 N–H and O–H groups in total. The second kappa shape index (κ2) is 7.91. The number of carbonyl (C=O) groups excluding carboxylic acids is 1. The van der Waals surface area contributed by atoms with Crippen LogP contribution in [0.3, 0.4) is 0 Å². The van der Waals surface area contributed by atoms with Gasteiger partial charge in [0.2, 0.25) is 0 Å². The molecule has 0 saturated heterocycles. The predicted molar refractivity (Wildman–Crippen MR) is 96.4 cm³/mol. The van der Waals surface area contributed by atoms with Gasteiger partial charge in [-0.25, -0.2) is 0 Å². The van der Waals surface area contributed by atoms with E-state index in [1.165, 1.54) is 12.1 Å². The first-order valence-electron chi connectivity index (χ1n) is 6.43. The number of anilines is 1. The van der Waals surface area contributed by atoms with Crippen LogP contribution in [0.15, 0.2) is 42.5 Å². The molecule has 0 saturated carbocycles. The number of non-ortho nitro benzene ring substituents is 1. The number of nitro groups is 1. The number of hydrogen-bond donors (Lipinski definition) is 3. The summed E-state index contributed by atoms with van der Waals surface area (Å²) >= 11 is 16.8. The minimum Gasteiger partial charge on any atom is -0.331 e. The van der Waals surface area contributed by atoms with Crippen molar-refractivity contribution >= 4 is 57.8 Å². The second-order valence-corrected chi connectivity index (χ2v) is 5.72. The van der Waals surface area contributed by atoms with Crippen LogP contribution in [-0.2, 0) is 0 Å². The van der Waals surface area contributed by atoms with Gasteiger partial charge in [-0.05, 0) is 36.5 Å². The topological polar surface area (TPSA) is 96.3 Å². The highest BCUT2D eigenvalue weighted by atomic mass is 35.5. The summed E-state index contributed by atoms with van der Waals surface area (Å²) in [5.74, 6) is -0.592. The summed E-state index contributed by atoms with van der Waals surface area (Å²) in [5.41, 5.74) is 5.35. The van der Waals surface area contributed by atoms with Crippen molar-refractivity contribution in [1.82, 2.24) is 10.9 Å². The lowest BCUT2D eigenvalue weighted by molar-refractivity contribution is -0.384. The Kier molecular flexibility index (Phi) is 5.91. The SMILES string of the molecule is O=C(NNC(=S)Nc1cccc(Cl)c1)c1ccc([N+](=O)[O-])cc1Cl. The van der Waals surface area contributed by atoms with Crippen molar-refractivity contribution in [3.63, 3.8) is 0 Å². The fraction of sp³-hybridized carbons (Fsp3) is 0. The predicted octanol–water partition coefficient (Wildman–Crippen LogP) is 3.53. The number of nitrogens with one attached hydrogen (secondary N) is 3. The van der Waals surface area contributed by atoms with Crippen LogP contribution in [0, 0.1) is 10.1 Å². The van der Waals surface area contributed by atoms with E-state index >= 15 is 0 Å². The quantitative estimate of drug-likeness (QED) is 0.425. The standard InChI is InChI=1S/C14H10Cl2N4O3S/c15-8-2-1-3-9(6-8)17-14(24)19-18-13(21)11-5-4-10(20(22)23)7-12(11)16/h1-7H,(H,18,21)(H2,17,19,24). The minimum absolute atomic E-state index is 0.0442. The first-order chi connectivity index (χ1) is 11.4. The summed E-state index contributed by atoms with van der Waals surface area (Å²) in [5, 5.41) is 14.1. The number of nitrogens with zero attached hydrogens (tertiary/aromatic N) is 1. The summed E-state index contributed by atoms with van der Waals surface area (Å²) < 4.78 is 0. The van der Waals surface area contributed by atoms with Gasteiger partial charge in [0.05, 0.1) is 15.5 Å². The Bertz CT molecular complexity index is 816. The van der Waals surface area contributed by atoms with Gasteiger partial charge in [0.15, 0.2) is 5.11 Å². The molecule has 7 nitrogen and oxygen atoms in total. The molecule has 0 bridgehead atoms. The van der Waals surface area contributed by atoms with Crippen molar-refractivity contribution < 1.29 is 9.72 Å². The fourth-order valence-corrected chi connectivity index (χ4v) is 2.33. The molecular formula is C14H10Cl2N4O3S. The van der Waals surface area contributed by atoms with Gasteiger partial charge >= 0.3 is 0 Å². The monoisotopic (exact) mass is 384 g/mol. The van der Waals surface area contributed by atoms with Crippen molar-refractivity contribution in [2.45, 2.75) is 0 Å². The Morgan fingerprint density at radius 2 is 1.88 bits per heavy atom. The molecule has 2 rings (SSSR count). The molecule has 2 aromatic rings. The van der Waals surface area contributed by atoms with Crippen LogP contribution in [0.1, 0.15) is 10.4 Å². The van der Waals surface area contributed by atoms with Crippen molar-refractivity contribution in [2.75, 3.05) is 5.32 Å². The lowest BCUT2D eigenvalue weighted by atomic mass is 10.2. The van der Waals surface area contributed by atoms with E-state index in [4.69, 9.17) is 35.4 Å². The molecular weight excluding hydrogens is 375 g/mol. The Labute approximate surface area is 152 Å². The lowest BCUT2D eigenvalue weighted by Crippen LogP contribution is -2.43. The van der Waals surface area contributed by atoms with Gasteiger partial charge in [-0.1, -0.05) is 29.3 Å². The smallest absolute Gasteiger partial charge is 0.271 e. The highest BCUT2D eigenvalue weighted by molar-refractivity contribution is 7.80. The highest BCUT2D eigenvalue weighted by Gasteiger charge is 2.15. The molecule has 0 heterocycles. The van der Waals surface area contributed by atoms with E-state index in [0.29, 0.717) is 10.7 Å². The fourth-order valence-electron chi connectivity index (χ4n) is 1.71. The number of amides is 1. The molecule has 0 aliphatic rings. The zero-order valence-corrected chi connectivity index (χ0v) is 14.2.